The number of rotatable bonds is 6. The number of hydrogen-bond donors (Lipinski definition) is 2. The summed E-state index contributed by atoms with van der Waals surface area (Å²) in [5.41, 5.74) is 0. The lowest BCUT2D eigenvalue weighted by atomic mass is 10.00. The zero-order chi connectivity index (χ0) is 11.8. The van der Waals surface area contributed by atoms with Crippen LogP contribution in [-0.4, -0.2) is 37.7 Å². The van der Waals surface area contributed by atoms with Gasteiger partial charge in [-0.2, -0.15) is 0 Å². The quantitative estimate of drug-likeness (QED) is 0.715. The highest BCUT2D eigenvalue weighted by Gasteiger charge is 2.21. The van der Waals surface area contributed by atoms with Gasteiger partial charge in [-0.05, 0) is 39.7 Å². The molecule has 1 heterocycles. The van der Waals surface area contributed by atoms with Gasteiger partial charge in [0.15, 0.2) is 0 Å². The molecule has 0 saturated carbocycles. The molecule has 0 aromatic carbocycles. The van der Waals surface area contributed by atoms with E-state index in [9.17, 15) is 4.79 Å². The fraction of sp³-hybridized carbons (Fsp3) is 0.917. The zero-order valence-electron chi connectivity index (χ0n) is 10.8. The van der Waals surface area contributed by atoms with Gasteiger partial charge >= 0.3 is 0 Å². The van der Waals surface area contributed by atoms with Crippen molar-refractivity contribution in [3.8, 4) is 0 Å². The Morgan fingerprint density at radius 2 is 2.29 bits per heavy atom. The molecule has 0 aromatic rings. The van der Waals surface area contributed by atoms with Crippen LogP contribution in [0.2, 0.25) is 0 Å². The van der Waals surface area contributed by atoms with Crippen LogP contribution in [0.3, 0.4) is 0 Å². The second-order valence-electron chi connectivity index (χ2n) is 4.36. The van der Waals surface area contributed by atoms with Crippen LogP contribution in [0.4, 0.5) is 0 Å². The van der Waals surface area contributed by atoms with Gasteiger partial charge in [0.05, 0.1) is 0 Å². The fourth-order valence-electron chi connectivity index (χ4n) is 2.00. The van der Waals surface area contributed by atoms with Crippen molar-refractivity contribution in [2.75, 3.05) is 19.8 Å². The van der Waals surface area contributed by atoms with Gasteiger partial charge in [0.2, 0.25) is 5.91 Å². The second kappa shape index (κ2) is 9.68. The number of carbonyl (C=O) groups is 1. The molecule has 1 rings (SSSR count). The molecule has 0 aromatic heterocycles. The zero-order valence-corrected chi connectivity index (χ0v) is 11.6. The molecule has 0 bridgehead atoms. The predicted molar refractivity (Wildman–Crippen MR) is 71.6 cm³/mol. The van der Waals surface area contributed by atoms with Crippen LogP contribution in [-0.2, 0) is 9.53 Å². The van der Waals surface area contributed by atoms with Crippen molar-refractivity contribution >= 4 is 18.3 Å². The van der Waals surface area contributed by atoms with Crippen molar-refractivity contribution in [3.63, 3.8) is 0 Å². The summed E-state index contributed by atoms with van der Waals surface area (Å²) in [5.74, 6) is 0.153. The van der Waals surface area contributed by atoms with Gasteiger partial charge in [-0.3, -0.25) is 4.79 Å². The summed E-state index contributed by atoms with van der Waals surface area (Å²) in [4.78, 5) is 11.6. The van der Waals surface area contributed by atoms with Crippen molar-refractivity contribution in [1.29, 1.82) is 0 Å². The molecule has 4 nitrogen and oxygen atoms in total. The normalized spacial score (nSPS) is 23.9. The number of nitrogens with one attached hydrogen (secondary N) is 2. The molecule has 2 atom stereocenters. The van der Waals surface area contributed by atoms with Crippen molar-refractivity contribution < 1.29 is 9.53 Å². The average molecular weight is 265 g/mol. The first-order valence-electron chi connectivity index (χ1n) is 6.34. The Kier molecular flexibility index (Phi) is 9.50. The third kappa shape index (κ3) is 6.86. The Hall–Kier alpha value is -0.320. The molecule has 2 N–H and O–H groups in total. The molecule has 1 aliphatic rings. The van der Waals surface area contributed by atoms with Crippen LogP contribution >= 0.6 is 12.4 Å². The van der Waals surface area contributed by atoms with Gasteiger partial charge in [-0.1, -0.05) is 0 Å². The molecule has 1 fully saturated rings. The van der Waals surface area contributed by atoms with Gasteiger partial charge in [0, 0.05) is 31.7 Å². The lowest BCUT2D eigenvalue weighted by Gasteiger charge is -2.30. The SMILES string of the molecule is CCOCCCC(=O)NC1CCCNC1C.Cl. The summed E-state index contributed by atoms with van der Waals surface area (Å²) in [6, 6.07) is 0.693. The van der Waals surface area contributed by atoms with E-state index in [-0.39, 0.29) is 18.3 Å². The molecular weight excluding hydrogens is 240 g/mol. The summed E-state index contributed by atoms with van der Waals surface area (Å²) >= 11 is 0. The summed E-state index contributed by atoms with van der Waals surface area (Å²) in [6.45, 7) is 6.57. The molecule has 1 saturated heterocycles. The summed E-state index contributed by atoms with van der Waals surface area (Å²) in [7, 11) is 0. The summed E-state index contributed by atoms with van der Waals surface area (Å²) < 4.78 is 5.20. The highest BCUT2D eigenvalue weighted by Crippen LogP contribution is 2.08. The van der Waals surface area contributed by atoms with E-state index in [0.29, 0.717) is 25.1 Å². The third-order valence-electron chi connectivity index (χ3n) is 3.00. The Balaban J connectivity index is 0.00000256. The third-order valence-corrected chi connectivity index (χ3v) is 3.00. The number of ether oxygens (including phenoxy) is 1. The van der Waals surface area contributed by atoms with Gasteiger partial charge in [-0.15, -0.1) is 12.4 Å². The molecule has 0 aliphatic carbocycles. The average Bonchev–Trinajstić information content (AvgIpc) is 2.28. The molecular formula is C12H25ClN2O2. The smallest absolute Gasteiger partial charge is 0.220 e. The van der Waals surface area contributed by atoms with E-state index in [2.05, 4.69) is 17.6 Å². The van der Waals surface area contributed by atoms with Crippen LogP contribution in [0.25, 0.3) is 0 Å². The lowest BCUT2D eigenvalue weighted by molar-refractivity contribution is -0.122. The molecule has 102 valence electrons. The largest absolute Gasteiger partial charge is 0.382 e. The first-order valence-corrected chi connectivity index (χ1v) is 6.34. The van der Waals surface area contributed by atoms with Gasteiger partial charge in [-0.25, -0.2) is 0 Å². The van der Waals surface area contributed by atoms with Gasteiger partial charge in [0.25, 0.3) is 0 Å². The number of carbonyl (C=O) groups excluding carboxylic acids is 1. The van der Waals surface area contributed by atoms with Crippen LogP contribution < -0.4 is 10.6 Å². The van der Waals surface area contributed by atoms with E-state index in [1.165, 1.54) is 0 Å². The maximum absolute atomic E-state index is 11.6. The van der Waals surface area contributed by atoms with Crippen LogP contribution in [0.1, 0.15) is 39.5 Å². The Morgan fingerprint density at radius 3 is 2.94 bits per heavy atom. The van der Waals surface area contributed by atoms with E-state index < -0.39 is 0 Å². The molecule has 0 radical (unpaired) electrons. The molecule has 2 unspecified atom stereocenters. The Labute approximate surface area is 110 Å². The molecule has 1 amide bonds. The Bertz CT molecular complexity index is 215. The van der Waals surface area contributed by atoms with Crippen molar-refractivity contribution in [2.24, 2.45) is 0 Å². The van der Waals surface area contributed by atoms with Crippen molar-refractivity contribution in [3.05, 3.63) is 0 Å². The summed E-state index contributed by atoms with van der Waals surface area (Å²) in [6.07, 6.45) is 3.62. The summed E-state index contributed by atoms with van der Waals surface area (Å²) in [5, 5.41) is 6.46. The van der Waals surface area contributed by atoms with E-state index in [1.807, 2.05) is 6.92 Å². The van der Waals surface area contributed by atoms with Crippen LogP contribution in [0.5, 0.6) is 0 Å². The van der Waals surface area contributed by atoms with E-state index >= 15 is 0 Å². The fourth-order valence-corrected chi connectivity index (χ4v) is 2.00. The van der Waals surface area contributed by atoms with E-state index in [4.69, 9.17) is 4.74 Å². The highest BCUT2D eigenvalue weighted by atomic mass is 35.5. The van der Waals surface area contributed by atoms with Gasteiger partial charge < -0.3 is 15.4 Å². The number of piperidine rings is 1. The first-order chi connectivity index (χ1) is 7.74. The minimum Gasteiger partial charge on any atom is -0.382 e. The molecule has 5 heteroatoms. The first kappa shape index (κ1) is 16.7. The molecule has 17 heavy (non-hydrogen) atoms. The van der Waals surface area contributed by atoms with E-state index in [0.717, 1.165) is 32.4 Å². The van der Waals surface area contributed by atoms with Crippen molar-refractivity contribution in [2.45, 2.75) is 51.6 Å². The maximum Gasteiger partial charge on any atom is 0.220 e. The topological polar surface area (TPSA) is 50.4 Å². The highest BCUT2D eigenvalue weighted by molar-refractivity contribution is 5.85. The Morgan fingerprint density at radius 1 is 1.53 bits per heavy atom. The number of hydrogen-bond acceptors (Lipinski definition) is 3. The van der Waals surface area contributed by atoms with Crippen LogP contribution in [0, 0.1) is 0 Å². The lowest BCUT2D eigenvalue weighted by Crippen LogP contribution is -2.51. The minimum absolute atomic E-state index is 0. The van der Waals surface area contributed by atoms with Gasteiger partial charge in [0.1, 0.15) is 0 Å². The monoisotopic (exact) mass is 264 g/mol. The number of amides is 1. The standard InChI is InChI=1S/C12H24N2O2.ClH/c1-3-16-9-5-7-12(15)14-11-6-4-8-13-10(11)2;/h10-11,13H,3-9H2,1-2H3,(H,14,15);1H. The molecule has 1 aliphatic heterocycles. The number of halogens is 1. The van der Waals surface area contributed by atoms with Crippen LogP contribution in [0.15, 0.2) is 0 Å². The minimum atomic E-state index is 0. The van der Waals surface area contributed by atoms with Crippen molar-refractivity contribution in [1.82, 2.24) is 10.6 Å². The second-order valence-corrected chi connectivity index (χ2v) is 4.36. The maximum atomic E-state index is 11.6. The molecule has 0 spiro atoms. The van der Waals surface area contributed by atoms with E-state index in [1.54, 1.807) is 0 Å². The predicted octanol–water partition coefficient (Wildman–Crippen LogP) is 1.48.